The van der Waals surface area contributed by atoms with Crippen LogP contribution in [0.1, 0.15) is 0 Å². The molecule has 0 unspecified atom stereocenters. The Labute approximate surface area is 142 Å². The van der Waals surface area contributed by atoms with Crippen molar-refractivity contribution in [3.05, 3.63) is 72.9 Å². The molecule has 1 N–H and O–H groups in total. The highest BCUT2D eigenvalue weighted by atomic mass is 19.1. The molecule has 0 saturated carbocycles. The molecule has 2 aromatic heterocycles. The fourth-order valence-corrected chi connectivity index (χ4v) is 2.33. The highest BCUT2D eigenvalue weighted by Gasteiger charge is 2.15. The minimum absolute atomic E-state index is 0.276. The Morgan fingerprint density at radius 3 is 2.72 bits per heavy atom. The number of rotatable bonds is 4. The lowest BCUT2D eigenvalue weighted by Gasteiger charge is -2.07. The van der Waals surface area contributed by atoms with Crippen LogP contribution < -0.4 is 5.32 Å². The van der Waals surface area contributed by atoms with Gasteiger partial charge in [-0.25, -0.2) is 14.4 Å². The molecule has 0 aliphatic carbocycles. The zero-order valence-corrected chi connectivity index (χ0v) is 12.9. The van der Waals surface area contributed by atoms with E-state index in [1.807, 2.05) is 30.3 Å². The van der Waals surface area contributed by atoms with E-state index < -0.39 is 0 Å². The first-order valence-electron chi connectivity index (χ1n) is 7.52. The van der Waals surface area contributed by atoms with Gasteiger partial charge in [0, 0.05) is 17.4 Å². The largest absolute Gasteiger partial charge is 0.339 e. The minimum Gasteiger partial charge on any atom is -0.339 e. The molecule has 4 rings (SSSR count). The van der Waals surface area contributed by atoms with Crippen LogP contribution in [-0.4, -0.2) is 20.1 Å². The number of aromatic nitrogens is 4. The molecule has 122 valence electrons. The molecule has 2 heterocycles. The van der Waals surface area contributed by atoms with E-state index in [9.17, 15) is 4.39 Å². The fraction of sp³-hybridized carbons (Fsp3) is 0. The lowest BCUT2D eigenvalue weighted by atomic mass is 10.2. The first-order valence-corrected chi connectivity index (χ1v) is 7.52. The van der Waals surface area contributed by atoms with Crippen molar-refractivity contribution in [3.8, 4) is 22.8 Å². The number of nitrogens with zero attached hydrogens (tertiary/aromatic N) is 4. The van der Waals surface area contributed by atoms with E-state index in [0.29, 0.717) is 22.9 Å². The van der Waals surface area contributed by atoms with Crippen molar-refractivity contribution in [2.24, 2.45) is 0 Å². The third kappa shape index (κ3) is 3.20. The fourth-order valence-electron chi connectivity index (χ4n) is 2.33. The van der Waals surface area contributed by atoms with Gasteiger partial charge in [0.2, 0.25) is 5.82 Å². The maximum atomic E-state index is 13.4. The highest BCUT2D eigenvalue weighted by Crippen LogP contribution is 2.28. The molecule has 25 heavy (non-hydrogen) atoms. The summed E-state index contributed by atoms with van der Waals surface area (Å²) in [7, 11) is 0. The highest BCUT2D eigenvalue weighted by molar-refractivity contribution is 5.73. The molecular formula is C18H12FN5O. The second-order valence-corrected chi connectivity index (χ2v) is 5.21. The lowest BCUT2D eigenvalue weighted by Crippen LogP contribution is -1.97. The Hall–Kier alpha value is -3.61. The first-order chi connectivity index (χ1) is 12.3. The van der Waals surface area contributed by atoms with Gasteiger partial charge >= 0.3 is 0 Å². The van der Waals surface area contributed by atoms with Gasteiger partial charge in [-0.05, 0) is 18.2 Å². The van der Waals surface area contributed by atoms with Gasteiger partial charge in [-0.1, -0.05) is 41.6 Å². The van der Waals surface area contributed by atoms with Gasteiger partial charge in [-0.2, -0.15) is 4.98 Å². The van der Waals surface area contributed by atoms with Gasteiger partial charge in [-0.3, -0.25) is 0 Å². The Balaban J connectivity index is 1.69. The minimum atomic E-state index is -0.343. The quantitative estimate of drug-likeness (QED) is 0.606. The van der Waals surface area contributed by atoms with E-state index in [0.717, 1.165) is 5.56 Å². The van der Waals surface area contributed by atoms with Gasteiger partial charge in [0.05, 0.1) is 0 Å². The van der Waals surface area contributed by atoms with E-state index in [2.05, 4.69) is 25.4 Å². The van der Waals surface area contributed by atoms with E-state index in [1.54, 1.807) is 18.3 Å². The third-order valence-electron chi connectivity index (χ3n) is 3.49. The Kier molecular flexibility index (Phi) is 3.88. The van der Waals surface area contributed by atoms with Crippen molar-refractivity contribution in [3.63, 3.8) is 0 Å². The standard InChI is InChI=1S/C18H12FN5O/c19-13-7-4-8-14(9-13)22-17-15(10-20-11-21-17)18-23-16(24-25-18)12-5-2-1-3-6-12/h1-11H,(H,20,21,22). The van der Waals surface area contributed by atoms with Crippen LogP contribution in [0, 0.1) is 5.82 Å². The molecule has 0 saturated heterocycles. The average molecular weight is 333 g/mol. The van der Waals surface area contributed by atoms with Crippen molar-refractivity contribution in [2.75, 3.05) is 5.32 Å². The second kappa shape index (κ2) is 6.48. The predicted molar refractivity (Wildman–Crippen MR) is 90.4 cm³/mol. The Morgan fingerprint density at radius 1 is 1.00 bits per heavy atom. The van der Waals surface area contributed by atoms with Crippen molar-refractivity contribution < 1.29 is 8.91 Å². The third-order valence-corrected chi connectivity index (χ3v) is 3.49. The summed E-state index contributed by atoms with van der Waals surface area (Å²) < 4.78 is 18.7. The van der Waals surface area contributed by atoms with E-state index in [-0.39, 0.29) is 11.7 Å². The summed E-state index contributed by atoms with van der Waals surface area (Å²) >= 11 is 0. The number of anilines is 2. The molecule has 0 aliphatic heterocycles. The Morgan fingerprint density at radius 2 is 1.88 bits per heavy atom. The maximum Gasteiger partial charge on any atom is 0.263 e. The number of benzene rings is 2. The molecule has 2 aromatic carbocycles. The molecule has 0 aliphatic rings. The van der Waals surface area contributed by atoms with Crippen molar-refractivity contribution in [1.82, 2.24) is 20.1 Å². The summed E-state index contributed by atoms with van der Waals surface area (Å²) in [6.45, 7) is 0. The zero-order valence-electron chi connectivity index (χ0n) is 12.9. The van der Waals surface area contributed by atoms with Crippen LogP contribution in [0.4, 0.5) is 15.9 Å². The molecule has 4 aromatic rings. The molecule has 0 spiro atoms. The number of hydrogen-bond donors (Lipinski definition) is 1. The molecule has 0 bridgehead atoms. The molecule has 0 fully saturated rings. The van der Waals surface area contributed by atoms with Gasteiger partial charge < -0.3 is 9.84 Å². The van der Waals surface area contributed by atoms with Gasteiger partial charge in [0.1, 0.15) is 23.5 Å². The van der Waals surface area contributed by atoms with Crippen LogP contribution in [0.2, 0.25) is 0 Å². The van der Waals surface area contributed by atoms with Crippen molar-refractivity contribution in [2.45, 2.75) is 0 Å². The molecule has 0 atom stereocenters. The molecule has 7 heteroatoms. The van der Waals surface area contributed by atoms with Gasteiger partial charge in [0.25, 0.3) is 5.89 Å². The number of hydrogen-bond acceptors (Lipinski definition) is 6. The average Bonchev–Trinajstić information content (AvgIpc) is 3.13. The maximum absolute atomic E-state index is 13.4. The van der Waals surface area contributed by atoms with Crippen LogP contribution in [0.25, 0.3) is 22.8 Å². The number of nitrogens with one attached hydrogen (secondary N) is 1. The van der Waals surface area contributed by atoms with Gasteiger partial charge in [-0.15, -0.1) is 0 Å². The van der Waals surface area contributed by atoms with Crippen molar-refractivity contribution in [1.29, 1.82) is 0 Å². The zero-order chi connectivity index (χ0) is 17.1. The smallest absolute Gasteiger partial charge is 0.263 e. The lowest BCUT2D eigenvalue weighted by molar-refractivity contribution is 0.432. The number of halogens is 1. The summed E-state index contributed by atoms with van der Waals surface area (Å²) in [5.74, 6) is 0.850. The summed E-state index contributed by atoms with van der Waals surface area (Å²) in [5.41, 5.74) is 1.93. The van der Waals surface area contributed by atoms with Gasteiger partial charge in [0.15, 0.2) is 0 Å². The summed E-state index contributed by atoms with van der Waals surface area (Å²) in [4.78, 5) is 12.6. The Bertz CT molecular complexity index is 1000. The molecule has 0 amide bonds. The van der Waals surface area contributed by atoms with Crippen molar-refractivity contribution >= 4 is 11.5 Å². The summed E-state index contributed by atoms with van der Waals surface area (Å²) in [6.07, 6.45) is 2.95. The van der Waals surface area contributed by atoms with Crippen LogP contribution in [0.5, 0.6) is 0 Å². The SMILES string of the molecule is Fc1cccc(Nc2ncncc2-c2nc(-c3ccccc3)no2)c1. The summed E-state index contributed by atoms with van der Waals surface area (Å²) in [6, 6.07) is 15.6. The van der Waals surface area contributed by atoms with E-state index >= 15 is 0 Å². The first kappa shape index (κ1) is 14.9. The normalized spacial score (nSPS) is 10.6. The van der Waals surface area contributed by atoms with Crippen LogP contribution in [-0.2, 0) is 0 Å². The molecule has 6 nitrogen and oxygen atoms in total. The second-order valence-electron chi connectivity index (χ2n) is 5.21. The topological polar surface area (TPSA) is 76.7 Å². The molecular weight excluding hydrogens is 321 g/mol. The monoisotopic (exact) mass is 333 g/mol. The van der Waals surface area contributed by atoms with E-state index in [1.165, 1.54) is 18.5 Å². The van der Waals surface area contributed by atoms with E-state index in [4.69, 9.17) is 4.52 Å². The summed E-state index contributed by atoms with van der Waals surface area (Å²) in [5, 5.41) is 7.04. The van der Waals surface area contributed by atoms with Crippen LogP contribution in [0.15, 0.2) is 71.6 Å². The van der Waals surface area contributed by atoms with Crippen LogP contribution >= 0.6 is 0 Å². The predicted octanol–water partition coefficient (Wildman–Crippen LogP) is 4.08. The molecule has 0 radical (unpaired) electrons. The van der Waals surface area contributed by atoms with Crippen LogP contribution in [0.3, 0.4) is 0 Å².